The second kappa shape index (κ2) is 8.67. The zero-order valence-electron chi connectivity index (χ0n) is 13.8. The predicted octanol–water partition coefficient (Wildman–Crippen LogP) is 2.89. The van der Waals surface area contributed by atoms with Gasteiger partial charge in [0.05, 0.1) is 6.54 Å². The van der Waals surface area contributed by atoms with Crippen molar-refractivity contribution in [1.29, 1.82) is 0 Å². The van der Waals surface area contributed by atoms with Crippen LogP contribution in [0, 0.1) is 11.7 Å². The van der Waals surface area contributed by atoms with Gasteiger partial charge in [0.25, 0.3) is 0 Å². The van der Waals surface area contributed by atoms with Gasteiger partial charge >= 0.3 is 24.8 Å². The van der Waals surface area contributed by atoms with Crippen molar-refractivity contribution in [2.75, 3.05) is 20.1 Å². The number of rotatable bonds is 5. The molecule has 3 rings (SSSR count). The molecule has 0 spiro atoms. The van der Waals surface area contributed by atoms with Crippen LogP contribution in [0.3, 0.4) is 0 Å². The Bertz CT molecular complexity index is 723. The van der Waals surface area contributed by atoms with Crippen LogP contribution in [-0.4, -0.2) is 55.0 Å². The number of aryl methyl sites for hydroxylation is 1. The number of benzene rings is 2. The van der Waals surface area contributed by atoms with Crippen molar-refractivity contribution in [3.63, 3.8) is 0 Å². The van der Waals surface area contributed by atoms with Crippen molar-refractivity contribution in [3.8, 4) is 0 Å². The summed E-state index contributed by atoms with van der Waals surface area (Å²) >= 11 is 0. The molecule has 2 aromatic carbocycles. The maximum atomic E-state index is 13.9. The zero-order chi connectivity index (χ0) is 17.1. The number of carbonyl (C=O) groups is 1. The average molecular weight is 335 g/mol. The van der Waals surface area contributed by atoms with E-state index >= 15 is 0 Å². The van der Waals surface area contributed by atoms with E-state index in [2.05, 4.69) is 12.1 Å². The minimum absolute atomic E-state index is 0. The quantitative estimate of drug-likeness (QED) is 0.854. The number of fused-ring (bicyclic) bond motifs is 1. The Morgan fingerprint density at radius 1 is 1.24 bits per heavy atom. The van der Waals surface area contributed by atoms with E-state index in [-0.39, 0.29) is 43.1 Å². The molecule has 0 saturated heterocycles. The van der Waals surface area contributed by atoms with Gasteiger partial charge in [-0.3, -0.25) is 9.69 Å². The molecule has 0 radical (unpaired) electrons. The Labute approximate surface area is 160 Å². The Morgan fingerprint density at radius 3 is 2.64 bits per heavy atom. The van der Waals surface area contributed by atoms with E-state index in [9.17, 15) is 9.18 Å². The topological polar surface area (TPSA) is 40.5 Å². The Balaban J connectivity index is 0.00000225. The van der Waals surface area contributed by atoms with Gasteiger partial charge in [0.2, 0.25) is 0 Å². The monoisotopic (exact) mass is 335 g/mol. The minimum atomic E-state index is -0.823. The summed E-state index contributed by atoms with van der Waals surface area (Å²) < 4.78 is 13.9. The van der Waals surface area contributed by atoms with E-state index in [1.54, 1.807) is 6.07 Å². The molecule has 2 unspecified atom stereocenters. The maximum absolute atomic E-state index is 13.9. The molecule has 0 heterocycles. The number of hydrogen-bond donors (Lipinski definition) is 1. The van der Waals surface area contributed by atoms with Crippen LogP contribution in [0.5, 0.6) is 0 Å². The molecule has 128 valence electrons. The van der Waals surface area contributed by atoms with Gasteiger partial charge in [-0.2, -0.15) is 0 Å². The molecule has 0 bridgehead atoms. The number of aliphatic carboxylic acids is 1. The summed E-state index contributed by atoms with van der Waals surface area (Å²) in [4.78, 5) is 12.8. The van der Waals surface area contributed by atoms with Crippen LogP contribution in [-0.2, 0) is 11.2 Å². The number of carboxylic acids is 1. The molecule has 5 heteroatoms. The normalized spacial score (nSPS) is 19.2. The van der Waals surface area contributed by atoms with Crippen LogP contribution in [0.25, 0.3) is 0 Å². The van der Waals surface area contributed by atoms with E-state index in [0.717, 1.165) is 24.0 Å². The molecule has 1 N–H and O–H groups in total. The average Bonchev–Trinajstić information content (AvgIpc) is 2.54. The molecule has 1 aliphatic rings. The summed E-state index contributed by atoms with van der Waals surface area (Å²) in [6.07, 6.45) is 1.88. The van der Waals surface area contributed by atoms with Gasteiger partial charge in [0.1, 0.15) is 5.82 Å². The van der Waals surface area contributed by atoms with Crippen LogP contribution in [0.4, 0.5) is 4.39 Å². The summed E-state index contributed by atoms with van der Waals surface area (Å²) in [5.41, 5.74) is 3.40. The van der Waals surface area contributed by atoms with Gasteiger partial charge in [0.15, 0.2) is 0 Å². The molecule has 3 nitrogen and oxygen atoms in total. The standard InChI is InChI=1S/C20H22FNO2.Li.H/c1-22(13-19(23)24)12-16-8-7-14-9-10-17(21)11-18(14)20(16)15-5-3-2-4-6-15;;/h2-6,9-11,16,20H,7-8,12-13H2,1H3,(H,23,24);;. The van der Waals surface area contributed by atoms with E-state index in [4.69, 9.17) is 5.11 Å². The van der Waals surface area contributed by atoms with Gasteiger partial charge in [-0.05, 0) is 54.6 Å². The van der Waals surface area contributed by atoms with Crippen molar-refractivity contribution in [1.82, 2.24) is 4.90 Å². The van der Waals surface area contributed by atoms with Crippen molar-refractivity contribution in [3.05, 3.63) is 71.0 Å². The first-order chi connectivity index (χ1) is 11.5. The Morgan fingerprint density at radius 2 is 1.96 bits per heavy atom. The number of hydrogen-bond acceptors (Lipinski definition) is 2. The van der Waals surface area contributed by atoms with Crippen LogP contribution in [0.1, 0.15) is 29.0 Å². The van der Waals surface area contributed by atoms with Gasteiger partial charge in [0, 0.05) is 12.5 Å². The fraction of sp³-hybridized carbons (Fsp3) is 0.350. The molecule has 0 saturated carbocycles. The molecule has 0 amide bonds. The molecule has 2 aromatic rings. The summed E-state index contributed by atoms with van der Waals surface area (Å²) in [6, 6.07) is 15.2. The molecular weight excluding hydrogens is 312 g/mol. The zero-order valence-corrected chi connectivity index (χ0v) is 13.8. The molecule has 0 aliphatic heterocycles. The van der Waals surface area contributed by atoms with Gasteiger partial charge in [-0.15, -0.1) is 0 Å². The number of carboxylic acid groups (broad SMARTS) is 1. The number of halogens is 1. The van der Waals surface area contributed by atoms with Gasteiger partial charge < -0.3 is 5.11 Å². The van der Waals surface area contributed by atoms with E-state index in [1.165, 1.54) is 11.6 Å². The Hall–Kier alpha value is -1.60. The molecule has 1 aliphatic carbocycles. The summed E-state index contributed by atoms with van der Waals surface area (Å²) in [5, 5.41) is 9.00. The molecule has 0 aromatic heterocycles. The van der Waals surface area contributed by atoms with E-state index in [1.807, 2.05) is 36.2 Å². The van der Waals surface area contributed by atoms with Crippen LogP contribution in [0.2, 0.25) is 0 Å². The van der Waals surface area contributed by atoms with Gasteiger partial charge in [-0.25, -0.2) is 4.39 Å². The second-order valence-electron chi connectivity index (χ2n) is 6.62. The van der Waals surface area contributed by atoms with Crippen LogP contribution < -0.4 is 0 Å². The summed E-state index contributed by atoms with van der Waals surface area (Å²) in [5.74, 6) is -0.668. The van der Waals surface area contributed by atoms with Crippen molar-refractivity contribution in [2.45, 2.75) is 18.8 Å². The third-order valence-corrected chi connectivity index (χ3v) is 4.81. The van der Waals surface area contributed by atoms with Crippen molar-refractivity contribution >= 4 is 24.8 Å². The Kier molecular flexibility index (Phi) is 6.84. The number of nitrogens with zero attached hydrogens (tertiary/aromatic N) is 1. The predicted molar refractivity (Wildman–Crippen MR) is 98.8 cm³/mol. The summed E-state index contributed by atoms with van der Waals surface area (Å²) in [6.45, 7) is 0.704. The third kappa shape index (κ3) is 4.73. The van der Waals surface area contributed by atoms with E-state index in [0.29, 0.717) is 6.54 Å². The first-order valence-electron chi connectivity index (χ1n) is 8.28. The third-order valence-electron chi connectivity index (χ3n) is 4.81. The molecule has 2 atom stereocenters. The molecule has 25 heavy (non-hydrogen) atoms. The summed E-state index contributed by atoms with van der Waals surface area (Å²) in [7, 11) is 1.83. The SMILES string of the molecule is CN(CC(=O)O)CC1CCc2ccc(F)cc2C1c1ccccc1.[LiH]. The first-order valence-corrected chi connectivity index (χ1v) is 8.28. The van der Waals surface area contributed by atoms with Crippen molar-refractivity contribution in [2.24, 2.45) is 5.92 Å². The molecule has 0 fully saturated rings. The second-order valence-corrected chi connectivity index (χ2v) is 6.62. The van der Waals surface area contributed by atoms with E-state index < -0.39 is 5.97 Å². The van der Waals surface area contributed by atoms with Gasteiger partial charge in [-0.1, -0.05) is 36.4 Å². The molecular formula is C20H23FLiNO2. The number of likely N-dealkylation sites (N-methyl/N-ethyl adjacent to an activating group) is 1. The van der Waals surface area contributed by atoms with Crippen molar-refractivity contribution < 1.29 is 14.3 Å². The van der Waals surface area contributed by atoms with Crippen LogP contribution in [0.15, 0.2) is 48.5 Å². The fourth-order valence-corrected chi connectivity index (χ4v) is 3.85. The fourth-order valence-electron chi connectivity index (χ4n) is 3.85. The first kappa shape index (κ1) is 19.7. The van der Waals surface area contributed by atoms with Crippen LogP contribution >= 0.6 is 0 Å².